The zero-order valence-electron chi connectivity index (χ0n) is 12.2. The van der Waals surface area contributed by atoms with E-state index in [9.17, 15) is 4.79 Å². The van der Waals surface area contributed by atoms with Crippen LogP contribution in [0.3, 0.4) is 0 Å². The standard InChI is InChI=1S/C18H22N2O/c21-18(17-10-16(17)13-4-2-1-3-5-13)20-19-11-15-9-12-6-7-14(15)8-12/h1-5,11-12,14-17H,6-10H2,(H,20,21)/b19-11-/t12-,14-,15+,16-,17+/m1/s1. The van der Waals surface area contributed by atoms with Gasteiger partial charge in [0, 0.05) is 12.1 Å². The summed E-state index contributed by atoms with van der Waals surface area (Å²) in [7, 11) is 0. The highest BCUT2D eigenvalue weighted by molar-refractivity contribution is 5.83. The van der Waals surface area contributed by atoms with Crippen molar-refractivity contribution in [3.05, 3.63) is 35.9 Å². The van der Waals surface area contributed by atoms with E-state index in [0.29, 0.717) is 11.8 Å². The Hall–Kier alpha value is -1.64. The van der Waals surface area contributed by atoms with E-state index in [1.54, 1.807) is 0 Å². The number of hydrazone groups is 1. The van der Waals surface area contributed by atoms with Crippen molar-refractivity contribution in [2.24, 2.45) is 28.8 Å². The van der Waals surface area contributed by atoms with Crippen LogP contribution in [0.15, 0.2) is 35.4 Å². The molecular formula is C18H22N2O. The van der Waals surface area contributed by atoms with E-state index in [4.69, 9.17) is 0 Å². The lowest BCUT2D eigenvalue weighted by Gasteiger charge is -2.16. The molecule has 3 heteroatoms. The summed E-state index contributed by atoms with van der Waals surface area (Å²) in [4.78, 5) is 12.1. The van der Waals surface area contributed by atoms with Gasteiger partial charge in [0.25, 0.3) is 0 Å². The van der Waals surface area contributed by atoms with Crippen LogP contribution in [0.1, 0.15) is 43.6 Å². The van der Waals surface area contributed by atoms with Gasteiger partial charge in [-0.05, 0) is 54.9 Å². The Kier molecular flexibility index (Phi) is 3.28. The number of carbonyl (C=O) groups is 1. The second-order valence-electron chi connectivity index (χ2n) is 6.95. The fraction of sp³-hybridized carbons (Fsp3) is 0.556. The monoisotopic (exact) mass is 282 g/mol. The Bertz CT molecular complexity index is 554. The van der Waals surface area contributed by atoms with Crippen LogP contribution in [0, 0.1) is 23.7 Å². The van der Waals surface area contributed by atoms with Gasteiger partial charge in [-0.15, -0.1) is 0 Å². The molecule has 21 heavy (non-hydrogen) atoms. The Labute approximate surface area is 125 Å². The summed E-state index contributed by atoms with van der Waals surface area (Å²) in [5.74, 6) is 2.95. The van der Waals surface area contributed by atoms with Crippen molar-refractivity contribution in [2.75, 3.05) is 0 Å². The van der Waals surface area contributed by atoms with E-state index in [1.807, 2.05) is 24.4 Å². The maximum Gasteiger partial charge on any atom is 0.243 e. The highest BCUT2D eigenvalue weighted by Gasteiger charge is 2.44. The molecule has 1 amide bonds. The van der Waals surface area contributed by atoms with Gasteiger partial charge in [-0.3, -0.25) is 4.79 Å². The van der Waals surface area contributed by atoms with Gasteiger partial charge in [-0.1, -0.05) is 36.8 Å². The van der Waals surface area contributed by atoms with Crippen LogP contribution in [0.25, 0.3) is 0 Å². The van der Waals surface area contributed by atoms with Gasteiger partial charge in [0.15, 0.2) is 0 Å². The molecule has 3 nitrogen and oxygen atoms in total. The predicted octanol–water partition coefficient (Wildman–Crippen LogP) is 3.33. The van der Waals surface area contributed by atoms with Gasteiger partial charge >= 0.3 is 0 Å². The second-order valence-corrected chi connectivity index (χ2v) is 6.95. The second kappa shape index (κ2) is 5.28. The number of nitrogens with one attached hydrogen (secondary N) is 1. The summed E-state index contributed by atoms with van der Waals surface area (Å²) >= 11 is 0. The average Bonchev–Trinajstić information content (AvgIpc) is 3.06. The number of benzene rings is 1. The van der Waals surface area contributed by atoms with E-state index < -0.39 is 0 Å². The highest BCUT2D eigenvalue weighted by Crippen LogP contribution is 2.48. The van der Waals surface area contributed by atoms with Crippen molar-refractivity contribution in [3.63, 3.8) is 0 Å². The Morgan fingerprint density at radius 3 is 2.71 bits per heavy atom. The van der Waals surface area contributed by atoms with Crippen LogP contribution in [0.4, 0.5) is 0 Å². The molecular weight excluding hydrogens is 260 g/mol. The van der Waals surface area contributed by atoms with Gasteiger partial charge in [0.05, 0.1) is 0 Å². The van der Waals surface area contributed by atoms with Crippen LogP contribution in [-0.4, -0.2) is 12.1 Å². The van der Waals surface area contributed by atoms with Crippen LogP contribution >= 0.6 is 0 Å². The summed E-state index contributed by atoms with van der Waals surface area (Å²) in [5.41, 5.74) is 4.03. The van der Waals surface area contributed by atoms with E-state index in [-0.39, 0.29) is 11.8 Å². The normalized spacial score (nSPS) is 37.0. The molecule has 5 atom stereocenters. The van der Waals surface area contributed by atoms with Crippen LogP contribution in [0.5, 0.6) is 0 Å². The van der Waals surface area contributed by atoms with Crippen molar-refractivity contribution in [2.45, 2.75) is 38.0 Å². The van der Waals surface area contributed by atoms with E-state index in [1.165, 1.54) is 31.2 Å². The molecule has 3 fully saturated rings. The number of amides is 1. The zero-order valence-corrected chi connectivity index (χ0v) is 12.2. The fourth-order valence-electron chi connectivity index (χ4n) is 4.31. The first kappa shape index (κ1) is 13.1. The molecule has 0 heterocycles. The van der Waals surface area contributed by atoms with E-state index >= 15 is 0 Å². The first-order chi connectivity index (χ1) is 10.3. The topological polar surface area (TPSA) is 41.5 Å². The maximum absolute atomic E-state index is 12.1. The van der Waals surface area contributed by atoms with Gasteiger partial charge in [0.1, 0.15) is 0 Å². The molecule has 0 saturated heterocycles. The first-order valence-electron chi connectivity index (χ1n) is 8.19. The molecule has 3 aliphatic carbocycles. The number of nitrogens with zero attached hydrogens (tertiary/aromatic N) is 1. The van der Waals surface area contributed by atoms with E-state index in [0.717, 1.165) is 18.3 Å². The molecule has 110 valence electrons. The molecule has 1 aromatic rings. The number of hydrogen-bond acceptors (Lipinski definition) is 2. The van der Waals surface area contributed by atoms with Gasteiger partial charge in [-0.2, -0.15) is 5.10 Å². The molecule has 2 bridgehead atoms. The Morgan fingerprint density at radius 2 is 2.00 bits per heavy atom. The minimum Gasteiger partial charge on any atom is -0.273 e. The average molecular weight is 282 g/mol. The number of carbonyl (C=O) groups excluding carboxylic acids is 1. The lowest BCUT2D eigenvalue weighted by Crippen LogP contribution is -2.22. The molecule has 0 unspecified atom stereocenters. The molecule has 0 aliphatic heterocycles. The quantitative estimate of drug-likeness (QED) is 0.668. The number of rotatable bonds is 4. The van der Waals surface area contributed by atoms with Crippen LogP contribution in [0.2, 0.25) is 0 Å². The third kappa shape index (κ3) is 2.61. The number of hydrogen-bond donors (Lipinski definition) is 1. The van der Waals surface area contributed by atoms with Crippen molar-refractivity contribution in [3.8, 4) is 0 Å². The largest absolute Gasteiger partial charge is 0.273 e. The SMILES string of the molecule is O=C(N/N=C\[C@@H]1C[C@@H]2CC[C@@H]1C2)[C@H]1C[C@@H]1c1ccccc1. The lowest BCUT2D eigenvalue weighted by molar-refractivity contribution is -0.122. The van der Waals surface area contributed by atoms with Gasteiger partial charge < -0.3 is 0 Å². The third-order valence-corrected chi connectivity index (χ3v) is 5.59. The van der Waals surface area contributed by atoms with Crippen molar-refractivity contribution in [1.29, 1.82) is 0 Å². The van der Waals surface area contributed by atoms with Crippen LogP contribution < -0.4 is 5.43 Å². The highest BCUT2D eigenvalue weighted by atomic mass is 16.2. The molecule has 1 N–H and O–H groups in total. The van der Waals surface area contributed by atoms with Crippen molar-refractivity contribution in [1.82, 2.24) is 5.43 Å². The van der Waals surface area contributed by atoms with Crippen LogP contribution in [-0.2, 0) is 4.79 Å². The molecule has 0 spiro atoms. The lowest BCUT2D eigenvalue weighted by atomic mass is 9.90. The third-order valence-electron chi connectivity index (χ3n) is 5.59. The van der Waals surface area contributed by atoms with E-state index in [2.05, 4.69) is 22.7 Å². The molecule has 4 rings (SSSR count). The molecule has 0 aromatic heterocycles. The minimum absolute atomic E-state index is 0.0864. The fourth-order valence-corrected chi connectivity index (χ4v) is 4.31. The Balaban J connectivity index is 1.28. The maximum atomic E-state index is 12.1. The summed E-state index contributed by atoms with van der Waals surface area (Å²) in [6.07, 6.45) is 8.38. The summed E-state index contributed by atoms with van der Waals surface area (Å²) < 4.78 is 0. The predicted molar refractivity (Wildman–Crippen MR) is 82.9 cm³/mol. The summed E-state index contributed by atoms with van der Waals surface area (Å²) in [6.45, 7) is 0. The molecule has 3 saturated carbocycles. The summed E-state index contributed by atoms with van der Waals surface area (Å²) in [5, 5.41) is 4.24. The first-order valence-corrected chi connectivity index (χ1v) is 8.19. The molecule has 1 aromatic carbocycles. The summed E-state index contributed by atoms with van der Waals surface area (Å²) in [6, 6.07) is 10.3. The van der Waals surface area contributed by atoms with Crippen molar-refractivity contribution >= 4 is 12.1 Å². The Morgan fingerprint density at radius 1 is 1.14 bits per heavy atom. The minimum atomic E-state index is 0.0864. The number of fused-ring (bicyclic) bond motifs is 2. The van der Waals surface area contributed by atoms with Gasteiger partial charge in [-0.25, -0.2) is 5.43 Å². The molecule has 3 aliphatic rings. The molecule has 0 radical (unpaired) electrons. The zero-order chi connectivity index (χ0) is 14.2. The smallest absolute Gasteiger partial charge is 0.243 e. The van der Waals surface area contributed by atoms with Crippen molar-refractivity contribution < 1.29 is 4.79 Å². The van der Waals surface area contributed by atoms with Gasteiger partial charge in [0.2, 0.25) is 5.91 Å².